The topological polar surface area (TPSA) is 119 Å². The van der Waals surface area contributed by atoms with Gasteiger partial charge < -0.3 is 9.88 Å². The highest BCUT2D eigenvalue weighted by molar-refractivity contribution is 5.66. The summed E-state index contributed by atoms with van der Waals surface area (Å²) < 4.78 is 53.7. The molecule has 2 aromatic heterocycles. The lowest BCUT2D eigenvalue weighted by molar-refractivity contribution is -0.172. The molecule has 0 saturated carbocycles. The Morgan fingerprint density at radius 1 is 1.16 bits per heavy atom. The summed E-state index contributed by atoms with van der Waals surface area (Å²) >= 11 is 0. The highest BCUT2D eigenvalue weighted by Gasteiger charge is 2.63. The van der Waals surface area contributed by atoms with Crippen LogP contribution in [0.15, 0.2) is 21.9 Å². The summed E-state index contributed by atoms with van der Waals surface area (Å²) in [6.45, 7) is -2.64. The fourth-order valence-electron chi connectivity index (χ4n) is 2.37. The van der Waals surface area contributed by atoms with E-state index < -0.39 is 41.9 Å². The highest BCUT2D eigenvalue weighted by atomic mass is 19.3. The van der Waals surface area contributed by atoms with Crippen molar-refractivity contribution in [2.75, 3.05) is 18.0 Å². The molecule has 3 heterocycles. The zero-order chi connectivity index (χ0) is 18.4. The molecule has 0 radical (unpaired) electrons. The lowest BCUT2D eigenvalue weighted by Crippen LogP contribution is -2.38. The normalized spacial score (nSPS) is 18.1. The maximum atomic E-state index is 13.4. The first-order valence-electron chi connectivity index (χ1n) is 6.75. The average molecular weight is 356 g/mol. The fraction of sp³-hybridized carbons (Fsp3) is 0.308. The molecule has 0 amide bonds. The minimum atomic E-state index is -4.28. The van der Waals surface area contributed by atoms with E-state index in [1.165, 1.54) is 0 Å². The number of anilines is 1. The van der Waals surface area contributed by atoms with Crippen molar-refractivity contribution in [1.82, 2.24) is 20.2 Å². The molecule has 1 fully saturated rings. The number of halogens is 4. The summed E-state index contributed by atoms with van der Waals surface area (Å²) in [5.41, 5.74) is -2.73. The molecule has 0 atom stereocenters. The molecule has 3 rings (SSSR count). The third kappa shape index (κ3) is 2.73. The molecule has 2 aromatic rings. The first-order chi connectivity index (χ1) is 11.6. The van der Waals surface area contributed by atoms with Gasteiger partial charge in [-0.2, -0.15) is 22.8 Å². The number of nitriles is 1. The quantitative estimate of drug-likeness (QED) is 0.756. The predicted molar refractivity (Wildman–Crippen MR) is 75.5 cm³/mol. The molecule has 0 aliphatic carbocycles. The lowest BCUT2D eigenvalue weighted by atomic mass is 10.2. The van der Waals surface area contributed by atoms with Crippen LogP contribution in [0.4, 0.5) is 23.2 Å². The number of nitrogens with one attached hydrogen (secondary N) is 2. The van der Waals surface area contributed by atoms with E-state index in [4.69, 9.17) is 5.26 Å². The summed E-state index contributed by atoms with van der Waals surface area (Å²) in [5.74, 6) is -8.56. The second kappa shape index (κ2) is 5.40. The van der Waals surface area contributed by atoms with Crippen LogP contribution >= 0.6 is 0 Å². The number of hydrogen-bond acceptors (Lipinski definition) is 6. The minimum absolute atomic E-state index is 0.171. The lowest BCUT2D eigenvalue weighted by Gasteiger charge is -2.18. The van der Waals surface area contributed by atoms with Gasteiger partial charge in [0.05, 0.1) is 24.3 Å². The van der Waals surface area contributed by atoms with E-state index in [9.17, 15) is 27.2 Å². The number of rotatable bonds is 2. The average Bonchev–Trinajstić information content (AvgIpc) is 2.75. The monoisotopic (exact) mass is 356 g/mol. The van der Waals surface area contributed by atoms with Gasteiger partial charge in [-0.1, -0.05) is 0 Å². The molecule has 1 aliphatic heterocycles. The zero-order valence-corrected chi connectivity index (χ0v) is 12.2. The number of nitrogens with zero attached hydrogens (tertiary/aromatic N) is 4. The third-order valence-corrected chi connectivity index (χ3v) is 3.63. The van der Waals surface area contributed by atoms with E-state index in [0.29, 0.717) is 4.90 Å². The third-order valence-electron chi connectivity index (χ3n) is 3.63. The molecule has 0 unspecified atom stereocenters. The molecule has 8 nitrogen and oxygen atoms in total. The molecule has 1 saturated heterocycles. The molecular formula is C13H8F4N6O2. The van der Waals surface area contributed by atoms with Crippen LogP contribution in [0.2, 0.25) is 0 Å². The van der Waals surface area contributed by atoms with Crippen LogP contribution in [0.25, 0.3) is 11.3 Å². The van der Waals surface area contributed by atoms with Crippen LogP contribution in [0.3, 0.4) is 0 Å². The summed E-state index contributed by atoms with van der Waals surface area (Å²) in [6.07, 6.45) is 1.01. The van der Waals surface area contributed by atoms with Crippen molar-refractivity contribution in [2.45, 2.75) is 11.8 Å². The second-order valence-corrected chi connectivity index (χ2v) is 5.33. The van der Waals surface area contributed by atoms with E-state index in [0.717, 1.165) is 12.3 Å². The van der Waals surface area contributed by atoms with Crippen molar-refractivity contribution < 1.29 is 17.6 Å². The highest BCUT2D eigenvalue weighted by Crippen LogP contribution is 2.43. The van der Waals surface area contributed by atoms with E-state index in [1.807, 2.05) is 4.98 Å². The summed E-state index contributed by atoms with van der Waals surface area (Å²) in [5, 5.41) is 16.1. The van der Waals surface area contributed by atoms with Crippen LogP contribution in [0, 0.1) is 11.3 Å². The van der Waals surface area contributed by atoms with Gasteiger partial charge in [0.2, 0.25) is 0 Å². The number of aromatic nitrogens is 4. The Morgan fingerprint density at radius 3 is 2.36 bits per heavy atom. The van der Waals surface area contributed by atoms with Gasteiger partial charge in [0, 0.05) is 6.20 Å². The van der Waals surface area contributed by atoms with Crippen molar-refractivity contribution in [1.29, 1.82) is 5.26 Å². The van der Waals surface area contributed by atoms with Crippen molar-refractivity contribution in [3.63, 3.8) is 0 Å². The molecule has 130 valence electrons. The zero-order valence-electron chi connectivity index (χ0n) is 12.2. The van der Waals surface area contributed by atoms with Crippen molar-refractivity contribution in [2.24, 2.45) is 0 Å². The van der Waals surface area contributed by atoms with Crippen LogP contribution in [-0.2, 0) is 0 Å². The van der Waals surface area contributed by atoms with Crippen LogP contribution in [0.1, 0.15) is 5.69 Å². The Balaban J connectivity index is 2.10. The minimum Gasteiger partial charge on any atom is -0.356 e. The summed E-state index contributed by atoms with van der Waals surface area (Å²) in [4.78, 5) is 27.5. The van der Waals surface area contributed by atoms with E-state index in [2.05, 4.69) is 15.2 Å². The van der Waals surface area contributed by atoms with E-state index >= 15 is 0 Å². The molecule has 1 aliphatic rings. The molecule has 12 heteroatoms. The SMILES string of the molecule is N#Cc1nnc(-c2c[nH]c(=O)[nH]c2=O)cc1N1CC(F)(F)C(F)(F)C1. The maximum absolute atomic E-state index is 13.4. The Bertz CT molecular complexity index is 977. The predicted octanol–water partition coefficient (Wildman–Crippen LogP) is 0.482. The first kappa shape index (κ1) is 16.6. The number of hydrogen-bond donors (Lipinski definition) is 2. The number of aromatic amines is 2. The van der Waals surface area contributed by atoms with Gasteiger partial charge in [-0.3, -0.25) is 9.78 Å². The van der Waals surface area contributed by atoms with E-state index in [1.54, 1.807) is 6.07 Å². The van der Waals surface area contributed by atoms with Gasteiger partial charge >= 0.3 is 17.5 Å². The van der Waals surface area contributed by atoms with Gasteiger partial charge in [0.25, 0.3) is 5.56 Å². The smallest absolute Gasteiger partial charge is 0.329 e. The van der Waals surface area contributed by atoms with Crippen LogP contribution in [-0.4, -0.2) is 45.1 Å². The summed E-state index contributed by atoms with van der Waals surface area (Å²) in [7, 11) is 0. The molecule has 0 aromatic carbocycles. The summed E-state index contributed by atoms with van der Waals surface area (Å²) in [6, 6.07) is 2.60. The largest absolute Gasteiger partial charge is 0.356 e. The van der Waals surface area contributed by atoms with Gasteiger partial charge in [0.15, 0.2) is 5.69 Å². The Labute approximate surface area is 135 Å². The van der Waals surface area contributed by atoms with Crippen LogP contribution in [0.5, 0.6) is 0 Å². The number of alkyl halides is 4. The Hall–Kier alpha value is -3.23. The molecular weight excluding hydrogens is 348 g/mol. The molecule has 0 bridgehead atoms. The molecule has 2 N–H and O–H groups in total. The molecule has 25 heavy (non-hydrogen) atoms. The van der Waals surface area contributed by atoms with Gasteiger partial charge in [-0.15, -0.1) is 10.2 Å². The van der Waals surface area contributed by atoms with Crippen LogP contribution < -0.4 is 16.1 Å². The Morgan fingerprint density at radius 2 is 1.80 bits per heavy atom. The van der Waals surface area contributed by atoms with Gasteiger partial charge in [0.1, 0.15) is 11.8 Å². The molecule has 0 spiro atoms. The standard InChI is InChI=1S/C13H8F4N6O2/c14-12(15)4-23(5-13(12,16)17)9-1-7(21-22-8(9)2-18)6-3-19-11(25)20-10(6)24/h1,3H,4-5H2,(H2,19,20,24,25). The fourth-order valence-corrected chi connectivity index (χ4v) is 2.37. The van der Waals surface area contributed by atoms with E-state index in [-0.39, 0.29) is 16.9 Å². The Kier molecular flexibility index (Phi) is 3.59. The maximum Gasteiger partial charge on any atom is 0.329 e. The van der Waals surface area contributed by atoms with Crippen molar-refractivity contribution >= 4 is 5.69 Å². The van der Waals surface area contributed by atoms with Gasteiger partial charge in [-0.25, -0.2) is 4.79 Å². The van der Waals surface area contributed by atoms with Crippen molar-refractivity contribution in [3.05, 3.63) is 38.8 Å². The second-order valence-electron chi connectivity index (χ2n) is 5.33. The first-order valence-corrected chi connectivity index (χ1v) is 6.75. The van der Waals surface area contributed by atoms with Crippen molar-refractivity contribution in [3.8, 4) is 17.3 Å². The number of H-pyrrole nitrogens is 2. The van der Waals surface area contributed by atoms with Gasteiger partial charge in [-0.05, 0) is 6.07 Å².